The molecule has 2 aromatic heterocycles. The molecule has 3 aromatic rings. The molecule has 0 aliphatic carbocycles. The number of aromatic nitrogens is 3. The van der Waals surface area contributed by atoms with Gasteiger partial charge in [-0.3, -0.25) is 24.6 Å². The minimum absolute atomic E-state index is 0.0877. The average Bonchev–Trinajstić information content (AvgIpc) is 3.24. The first-order valence-electron chi connectivity index (χ1n) is 8.13. The Balaban J connectivity index is 1.46. The maximum absolute atomic E-state index is 12.4. The van der Waals surface area contributed by atoms with Gasteiger partial charge in [0, 0.05) is 24.5 Å². The van der Waals surface area contributed by atoms with Crippen LogP contribution in [0.5, 0.6) is 0 Å². The third kappa shape index (κ3) is 2.96. The van der Waals surface area contributed by atoms with Crippen molar-refractivity contribution in [2.75, 3.05) is 11.4 Å². The van der Waals surface area contributed by atoms with Gasteiger partial charge in [0.2, 0.25) is 11.8 Å². The minimum atomic E-state index is -0.383. The molecule has 1 aliphatic heterocycles. The molecule has 4 rings (SSSR count). The maximum atomic E-state index is 12.4. The Labute approximate surface area is 144 Å². The molecule has 0 radical (unpaired) electrons. The van der Waals surface area contributed by atoms with E-state index in [2.05, 4.69) is 20.5 Å². The van der Waals surface area contributed by atoms with Crippen LogP contribution in [0, 0.1) is 5.92 Å². The smallest absolute Gasteiger partial charge is 0.229 e. The summed E-state index contributed by atoms with van der Waals surface area (Å²) in [5, 5.41) is 10.9. The van der Waals surface area contributed by atoms with Crippen LogP contribution >= 0.6 is 0 Å². The zero-order valence-corrected chi connectivity index (χ0v) is 13.5. The van der Waals surface area contributed by atoms with Gasteiger partial charge >= 0.3 is 0 Å². The van der Waals surface area contributed by atoms with E-state index >= 15 is 0 Å². The number of anilines is 1. The Morgan fingerprint density at radius 2 is 2.08 bits per heavy atom. The normalized spacial score (nSPS) is 17.2. The molecule has 2 amide bonds. The van der Waals surface area contributed by atoms with Crippen molar-refractivity contribution >= 4 is 28.5 Å². The molecule has 126 valence electrons. The summed E-state index contributed by atoms with van der Waals surface area (Å²) in [5.41, 5.74) is 1.66. The van der Waals surface area contributed by atoms with Gasteiger partial charge in [-0.05, 0) is 24.3 Å². The molecular weight excluding hydrogens is 318 g/mol. The van der Waals surface area contributed by atoms with E-state index in [0.29, 0.717) is 18.9 Å². The first-order chi connectivity index (χ1) is 12.2. The molecular formula is C18H17N5O2. The van der Waals surface area contributed by atoms with E-state index in [1.54, 1.807) is 11.1 Å². The summed E-state index contributed by atoms with van der Waals surface area (Å²) >= 11 is 0. The summed E-state index contributed by atoms with van der Waals surface area (Å²) in [5.74, 6) is -0.0242. The summed E-state index contributed by atoms with van der Waals surface area (Å²) in [7, 11) is 0. The van der Waals surface area contributed by atoms with Crippen molar-refractivity contribution < 1.29 is 9.59 Å². The molecule has 2 N–H and O–H groups in total. The van der Waals surface area contributed by atoms with E-state index in [1.165, 1.54) is 0 Å². The molecule has 0 unspecified atom stereocenters. The number of amides is 2. The number of aromatic amines is 1. The van der Waals surface area contributed by atoms with E-state index in [4.69, 9.17) is 0 Å². The van der Waals surface area contributed by atoms with Crippen LogP contribution in [0.25, 0.3) is 10.9 Å². The summed E-state index contributed by atoms with van der Waals surface area (Å²) in [4.78, 5) is 30.5. The SMILES string of the molecule is O=C(NCc1ccccn1)[C@@H]1CC(=O)N(c2n[nH]c3ccccc23)C1. The maximum Gasteiger partial charge on any atom is 0.229 e. The second-order valence-corrected chi connectivity index (χ2v) is 6.04. The van der Waals surface area contributed by atoms with Crippen molar-refractivity contribution in [3.63, 3.8) is 0 Å². The lowest BCUT2D eigenvalue weighted by molar-refractivity contribution is -0.126. The summed E-state index contributed by atoms with van der Waals surface area (Å²) in [6, 6.07) is 13.2. The number of pyridine rings is 1. The molecule has 1 aliphatic rings. The van der Waals surface area contributed by atoms with Gasteiger partial charge in [-0.1, -0.05) is 18.2 Å². The highest BCUT2D eigenvalue weighted by Gasteiger charge is 2.36. The largest absolute Gasteiger partial charge is 0.350 e. The Bertz CT molecular complexity index is 921. The lowest BCUT2D eigenvalue weighted by Gasteiger charge is -2.14. The third-order valence-corrected chi connectivity index (χ3v) is 4.37. The standard InChI is InChI=1S/C18H17N5O2/c24-16-9-12(18(25)20-10-13-5-3-4-8-19-13)11-23(16)17-14-6-1-2-7-15(14)21-22-17/h1-8,12H,9-11H2,(H,20,25)(H,21,22)/t12-/m1/s1. The highest BCUT2D eigenvalue weighted by atomic mass is 16.2. The molecule has 1 fully saturated rings. The van der Waals surface area contributed by atoms with Crippen LogP contribution < -0.4 is 10.2 Å². The number of carbonyl (C=O) groups excluding carboxylic acids is 2. The Morgan fingerprint density at radius 3 is 2.92 bits per heavy atom. The van der Waals surface area contributed by atoms with Gasteiger partial charge in [0.1, 0.15) is 0 Å². The monoisotopic (exact) mass is 335 g/mol. The number of nitrogens with zero attached hydrogens (tertiary/aromatic N) is 3. The van der Waals surface area contributed by atoms with Crippen molar-refractivity contribution in [1.82, 2.24) is 20.5 Å². The van der Waals surface area contributed by atoms with Crippen molar-refractivity contribution in [2.24, 2.45) is 5.92 Å². The lowest BCUT2D eigenvalue weighted by Crippen LogP contribution is -2.33. The van der Waals surface area contributed by atoms with Crippen LogP contribution in [0.3, 0.4) is 0 Å². The van der Waals surface area contributed by atoms with Crippen LogP contribution in [0.4, 0.5) is 5.82 Å². The van der Waals surface area contributed by atoms with Crippen LogP contribution in [-0.2, 0) is 16.1 Å². The molecule has 0 bridgehead atoms. The fourth-order valence-electron chi connectivity index (χ4n) is 3.07. The van der Waals surface area contributed by atoms with Gasteiger partial charge in [0.15, 0.2) is 5.82 Å². The van der Waals surface area contributed by atoms with Gasteiger partial charge in [0.25, 0.3) is 0 Å². The Kier molecular flexibility index (Phi) is 3.89. The topological polar surface area (TPSA) is 91.0 Å². The van der Waals surface area contributed by atoms with E-state index < -0.39 is 0 Å². The zero-order chi connectivity index (χ0) is 17.2. The van der Waals surface area contributed by atoms with Crippen molar-refractivity contribution in [3.8, 4) is 0 Å². The van der Waals surface area contributed by atoms with Crippen molar-refractivity contribution in [1.29, 1.82) is 0 Å². The summed E-state index contributed by atoms with van der Waals surface area (Å²) < 4.78 is 0. The highest BCUT2D eigenvalue weighted by Crippen LogP contribution is 2.29. The fraction of sp³-hybridized carbons (Fsp3) is 0.222. The minimum Gasteiger partial charge on any atom is -0.350 e. The number of H-pyrrole nitrogens is 1. The summed E-state index contributed by atoms with van der Waals surface area (Å²) in [6.07, 6.45) is 1.88. The number of hydrogen-bond acceptors (Lipinski definition) is 4. The van der Waals surface area contributed by atoms with Crippen LogP contribution in [0.2, 0.25) is 0 Å². The molecule has 1 saturated heterocycles. The number of hydrogen-bond donors (Lipinski definition) is 2. The first-order valence-corrected chi connectivity index (χ1v) is 8.13. The lowest BCUT2D eigenvalue weighted by atomic mass is 10.1. The van der Waals surface area contributed by atoms with Crippen LogP contribution in [0.15, 0.2) is 48.7 Å². The molecule has 7 nitrogen and oxygen atoms in total. The van der Waals surface area contributed by atoms with Gasteiger partial charge in [-0.25, -0.2) is 0 Å². The zero-order valence-electron chi connectivity index (χ0n) is 13.5. The molecule has 25 heavy (non-hydrogen) atoms. The van der Waals surface area contributed by atoms with Gasteiger partial charge < -0.3 is 5.32 Å². The van der Waals surface area contributed by atoms with Crippen molar-refractivity contribution in [3.05, 3.63) is 54.4 Å². The van der Waals surface area contributed by atoms with Gasteiger partial charge in [-0.15, -0.1) is 0 Å². The number of nitrogens with one attached hydrogen (secondary N) is 2. The number of fused-ring (bicyclic) bond motifs is 1. The molecule has 3 heterocycles. The first kappa shape index (κ1) is 15.3. The van der Waals surface area contributed by atoms with Crippen LogP contribution in [-0.4, -0.2) is 33.5 Å². The van der Waals surface area contributed by atoms with E-state index in [0.717, 1.165) is 16.6 Å². The molecule has 7 heteroatoms. The molecule has 1 aromatic carbocycles. The summed E-state index contributed by atoms with van der Waals surface area (Å²) in [6.45, 7) is 0.692. The number of para-hydroxylation sites is 1. The highest BCUT2D eigenvalue weighted by molar-refractivity contribution is 6.05. The third-order valence-electron chi connectivity index (χ3n) is 4.37. The Hall–Kier alpha value is -3.22. The van der Waals surface area contributed by atoms with E-state index in [1.807, 2.05) is 42.5 Å². The van der Waals surface area contributed by atoms with Gasteiger partial charge in [-0.2, -0.15) is 5.10 Å². The average molecular weight is 335 g/mol. The quantitative estimate of drug-likeness (QED) is 0.758. The number of rotatable bonds is 4. The predicted octanol–water partition coefficient (Wildman–Crippen LogP) is 1.63. The molecule has 0 spiro atoms. The predicted molar refractivity (Wildman–Crippen MR) is 92.6 cm³/mol. The van der Waals surface area contributed by atoms with Crippen molar-refractivity contribution in [2.45, 2.75) is 13.0 Å². The fourth-order valence-corrected chi connectivity index (χ4v) is 3.07. The second-order valence-electron chi connectivity index (χ2n) is 6.04. The molecule has 0 saturated carbocycles. The van der Waals surface area contributed by atoms with E-state index in [-0.39, 0.29) is 24.2 Å². The van der Waals surface area contributed by atoms with Crippen LogP contribution in [0.1, 0.15) is 12.1 Å². The second kappa shape index (κ2) is 6.35. The number of benzene rings is 1. The van der Waals surface area contributed by atoms with Gasteiger partial charge in [0.05, 0.1) is 23.7 Å². The van der Waals surface area contributed by atoms with E-state index in [9.17, 15) is 9.59 Å². The Morgan fingerprint density at radius 1 is 1.24 bits per heavy atom. The number of carbonyl (C=O) groups is 2. The molecule has 1 atom stereocenters.